The summed E-state index contributed by atoms with van der Waals surface area (Å²) in [6.45, 7) is 10.7. The topological polar surface area (TPSA) is 55.8 Å². The van der Waals surface area contributed by atoms with Gasteiger partial charge in [-0.2, -0.15) is 0 Å². The Morgan fingerprint density at radius 1 is 1.44 bits per heavy atom. The van der Waals surface area contributed by atoms with Gasteiger partial charge in [0, 0.05) is 6.42 Å². The van der Waals surface area contributed by atoms with Crippen LogP contribution < -0.4 is 0 Å². The zero-order valence-corrected chi connectivity index (χ0v) is 12.1. The van der Waals surface area contributed by atoms with E-state index < -0.39 is 17.8 Å². The van der Waals surface area contributed by atoms with Crippen molar-refractivity contribution in [2.24, 2.45) is 17.3 Å². The molecule has 4 heteroatoms. The van der Waals surface area contributed by atoms with Crippen LogP contribution in [0.25, 0.3) is 0 Å². The van der Waals surface area contributed by atoms with Gasteiger partial charge in [-0.1, -0.05) is 27.7 Å². The summed E-state index contributed by atoms with van der Waals surface area (Å²) in [5, 5.41) is 9.52. The average Bonchev–Trinajstić information content (AvgIpc) is 2.63. The maximum absolute atomic E-state index is 12.4. The predicted molar refractivity (Wildman–Crippen MR) is 68.9 cm³/mol. The number of ether oxygens (including phenoxy) is 2. The van der Waals surface area contributed by atoms with Gasteiger partial charge in [0.15, 0.2) is 12.4 Å². The average molecular weight is 258 g/mol. The number of hydrogen-bond acceptors (Lipinski definition) is 4. The SMILES string of the molecule is CC(C)CC(C)(C(=O)OC1CCOC1O)C(C)C. The van der Waals surface area contributed by atoms with Gasteiger partial charge in [0.05, 0.1) is 12.0 Å². The molecule has 4 nitrogen and oxygen atoms in total. The molecule has 0 aliphatic carbocycles. The molecule has 0 aromatic rings. The second-order valence-electron chi connectivity index (χ2n) is 6.16. The predicted octanol–water partition coefficient (Wildman–Crippen LogP) is 2.35. The molecular weight excluding hydrogens is 232 g/mol. The summed E-state index contributed by atoms with van der Waals surface area (Å²) >= 11 is 0. The maximum Gasteiger partial charge on any atom is 0.312 e. The van der Waals surface area contributed by atoms with Crippen LogP contribution in [-0.2, 0) is 14.3 Å². The fraction of sp³-hybridized carbons (Fsp3) is 0.929. The normalized spacial score (nSPS) is 27.6. The molecule has 1 heterocycles. The van der Waals surface area contributed by atoms with Crippen LogP contribution >= 0.6 is 0 Å². The van der Waals surface area contributed by atoms with Crippen LogP contribution in [0.3, 0.4) is 0 Å². The minimum absolute atomic E-state index is 0.201. The van der Waals surface area contributed by atoms with Crippen molar-refractivity contribution in [2.45, 2.75) is 59.9 Å². The van der Waals surface area contributed by atoms with Crippen molar-refractivity contribution in [1.29, 1.82) is 0 Å². The highest BCUT2D eigenvalue weighted by Crippen LogP contribution is 2.36. The van der Waals surface area contributed by atoms with Crippen LogP contribution in [0.15, 0.2) is 0 Å². The zero-order valence-electron chi connectivity index (χ0n) is 12.1. The molecule has 106 valence electrons. The molecule has 0 saturated carbocycles. The van der Waals surface area contributed by atoms with Crippen LogP contribution in [0.1, 0.15) is 47.5 Å². The Labute approximate surface area is 110 Å². The highest BCUT2D eigenvalue weighted by Gasteiger charge is 2.41. The number of hydrogen-bond donors (Lipinski definition) is 1. The van der Waals surface area contributed by atoms with Crippen molar-refractivity contribution in [1.82, 2.24) is 0 Å². The van der Waals surface area contributed by atoms with Gasteiger partial charge in [0.1, 0.15) is 0 Å². The van der Waals surface area contributed by atoms with E-state index in [0.29, 0.717) is 18.9 Å². The fourth-order valence-corrected chi connectivity index (χ4v) is 2.35. The molecule has 0 radical (unpaired) electrons. The van der Waals surface area contributed by atoms with Crippen molar-refractivity contribution in [3.05, 3.63) is 0 Å². The van der Waals surface area contributed by atoms with Crippen LogP contribution in [-0.4, -0.2) is 30.1 Å². The zero-order chi connectivity index (χ0) is 13.9. The van der Waals surface area contributed by atoms with Crippen molar-refractivity contribution in [3.8, 4) is 0 Å². The van der Waals surface area contributed by atoms with E-state index in [1.165, 1.54) is 0 Å². The van der Waals surface area contributed by atoms with Crippen LogP contribution in [0.4, 0.5) is 0 Å². The van der Waals surface area contributed by atoms with Crippen LogP contribution in [0, 0.1) is 17.3 Å². The first-order chi connectivity index (χ1) is 8.27. The number of aliphatic hydroxyl groups is 1. The Balaban J connectivity index is 2.70. The summed E-state index contributed by atoms with van der Waals surface area (Å²) in [6, 6.07) is 0. The van der Waals surface area contributed by atoms with Crippen molar-refractivity contribution >= 4 is 5.97 Å². The van der Waals surface area contributed by atoms with Gasteiger partial charge < -0.3 is 14.6 Å². The summed E-state index contributed by atoms with van der Waals surface area (Å²) < 4.78 is 10.4. The van der Waals surface area contributed by atoms with E-state index in [1.54, 1.807) is 0 Å². The molecule has 1 saturated heterocycles. The maximum atomic E-state index is 12.4. The summed E-state index contributed by atoms with van der Waals surface area (Å²) in [7, 11) is 0. The molecule has 0 aromatic carbocycles. The smallest absolute Gasteiger partial charge is 0.312 e. The van der Waals surface area contributed by atoms with Crippen molar-refractivity contribution in [3.63, 3.8) is 0 Å². The molecular formula is C14H26O4. The lowest BCUT2D eigenvalue weighted by atomic mass is 9.73. The van der Waals surface area contributed by atoms with E-state index in [4.69, 9.17) is 9.47 Å². The highest BCUT2D eigenvalue weighted by molar-refractivity contribution is 5.77. The third kappa shape index (κ3) is 3.45. The Kier molecular flexibility index (Phi) is 5.17. The quantitative estimate of drug-likeness (QED) is 0.769. The van der Waals surface area contributed by atoms with Crippen molar-refractivity contribution in [2.75, 3.05) is 6.61 Å². The minimum Gasteiger partial charge on any atom is -0.456 e. The molecule has 0 bridgehead atoms. The Bertz CT molecular complexity index is 288. The van der Waals surface area contributed by atoms with E-state index in [1.807, 2.05) is 20.8 Å². The third-order valence-corrected chi connectivity index (χ3v) is 3.84. The number of rotatable bonds is 5. The van der Waals surface area contributed by atoms with E-state index in [9.17, 15) is 9.90 Å². The molecule has 0 aromatic heterocycles. The molecule has 1 rings (SSSR count). The number of carbonyl (C=O) groups excluding carboxylic acids is 1. The van der Waals surface area contributed by atoms with E-state index in [2.05, 4.69) is 13.8 Å². The summed E-state index contributed by atoms with van der Waals surface area (Å²) in [4.78, 5) is 12.4. The van der Waals surface area contributed by atoms with Gasteiger partial charge in [-0.25, -0.2) is 0 Å². The van der Waals surface area contributed by atoms with Gasteiger partial charge in [-0.05, 0) is 25.2 Å². The van der Waals surface area contributed by atoms with Crippen LogP contribution in [0.5, 0.6) is 0 Å². The molecule has 3 unspecified atom stereocenters. The second-order valence-corrected chi connectivity index (χ2v) is 6.16. The van der Waals surface area contributed by atoms with E-state index >= 15 is 0 Å². The van der Waals surface area contributed by atoms with E-state index in [0.717, 1.165) is 6.42 Å². The summed E-state index contributed by atoms with van der Waals surface area (Å²) in [5.41, 5.74) is -0.503. The monoisotopic (exact) mass is 258 g/mol. The van der Waals surface area contributed by atoms with E-state index in [-0.39, 0.29) is 11.9 Å². The molecule has 1 aliphatic rings. The van der Waals surface area contributed by atoms with Gasteiger partial charge >= 0.3 is 5.97 Å². The number of aliphatic hydroxyl groups excluding tert-OH is 1. The Morgan fingerprint density at radius 2 is 2.06 bits per heavy atom. The van der Waals surface area contributed by atoms with Gasteiger partial charge in [0.25, 0.3) is 0 Å². The fourth-order valence-electron chi connectivity index (χ4n) is 2.35. The molecule has 1 fully saturated rings. The molecule has 1 N–H and O–H groups in total. The lowest BCUT2D eigenvalue weighted by molar-refractivity contribution is -0.180. The second kappa shape index (κ2) is 6.02. The first-order valence-corrected chi connectivity index (χ1v) is 6.78. The first kappa shape index (κ1) is 15.4. The minimum atomic E-state index is -0.968. The molecule has 0 amide bonds. The lowest BCUT2D eigenvalue weighted by Gasteiger charge is -2.34. The number of esters is 1. The molecule has 1 aliphatic heterocycles. The van der Waals surface area contributed by atoms with Gasteiger partial charge in [-0.15, -0.1) is 0 Å². The highest BCUT2D eigenvalue weighted by atomic mass is 16.7. The molecule has 3 atom stereocenters. The third-order valence-electron chi connectivity index (χ3n) is 3.84. The summed E-state index contributed by atoms with van der Waals surface area (Å²) in [6.07, 6.45) is -0.122. The van der Waals surface area contributed by atoms with Gasteiger partial charge in [0.2, 0.25) is 0 Å². The lowest BCUT2D eigenvalue weighted by Crippen LogP contribution is -2.40. The number of carbonyl (C=O) groups is 1. The van der Waals surface area contributed by atoms with Crippen molar-refractivity contribution < 1.29 is 19.4 Å². The standard InChI is InChI=1S/C14H26O4/c1-9(2)8-14(5,10(3)4)13(16)18-11-6-7-17-12(11)15/h9-12,15H,6-8H2,1-5H3. The Hall–Kier alpha value is -0.610. The molecule has 18 heavy (non-hydrogen) atoms. The molecule has 0 spiro atoms. The summed E-state index contributed by atoms with van der Waals surface area (Å²) in [5.74, 6) is 0.405. The largest absolute Gasteiger partial charge is 0.456 e. The Morgan fingerprint density at radius 3 is 2.44 bits per heavy atom. The first-order valence-electron chi connectivity index (χ1n) is 6.78. The van der Waals surface area contributed by atoms with Crippen LogP contribution in [0.2, 0.25) is 0 Å². The van der Waals surface area contributed by atoms with Gasteiger partial charge in [-0.3, -0.25) is 4.79 Å².